The van der Waals surface area contributed by atoms with Crippen molar-refractivity contribution in [2.24, 2.45) is 0 Å². The summed E-state index contributed by atoms with van der Waals surface area (Å²) in [7, 11) is 0. The molecule has 5 heteroatoms. The maximum absolute atomic E-state index is 5.85. The summed E-state index contributed by atoms with van der Waals surface area (Å²) in [4.78, 5) is 10.2. The Morgan fingerprint density at radius 2 is 2.15 bits per heavy atom. The van der Waals surface area contributed by atoms with Gasteiger partial charge in [0.1, 0.15) is 18.2 Å². The predicted molar refractivity (Wildman–Crippen MR) is 80.3 cm³/mol. The molecule has 2 N–H and O–H groups in total. The molecule has 2 aromatic rings. The molecule has 1 aromatic heterocycles. The second-order valence-electron chi connectivity index (χ2n) is 5.16. The van der Waals surface area contributed by atoms with Gasteiger partial charge < -0.3 is 15.0 Å². The van der Waals surface area contributed by atoms with E-state index in [0.29, 0.717) is 0 Å². The lowest BCUT2D eigenvalue weighted by atomic mass is 10.3. The summed E-state index contributed by atoms with van der Waals surface area (Å²) >= 11 is 0. The van der Waals surface area contributed by atoms with Crippen molar-refractivity contribution < 1.29 is 4.74 Å². The minimum absolute atomic E-state index is 0.736. The topological polar surface area (TPSA) is 53.2 Å². The van der Waals surface area contributed by atoms with Gasteiger partial charge >= 0.3 is 0 Å². The highest BCUT2D eigenvalue weighted by Crippen LogP contribution is 2.19. The first-order valence-corrected chi connectivity index (χ1v) is 7.39. The summed E-state index contributed by atoms with van der Waals surface area (Å²) in [5.41, 5.74) is 2.07. The molecule has 1 fully saturated rings. The lowest BCUT2D eigenvalue weighted by Gasteiger charge is -2.26. The molecule has 3 rings (SSSR count). The number of piperazine rings is 1. The average Bonchev–Trinajstić information content (AvgIpc) is 2.91. The monoisotopic (exact) mass is 274 g/mol. The summed E-state index contributed by atoms with van der Waals surface area (Å²) < 4.78 is 5.85. The number of ether oxygens (including phenoxy) is 1. The van der Waals surface area contributed by atoms with Crippen molar-refractivity contribution in [3.8, 4) is 5.75 Å². The van der Waals surface area contributed by atoms with Gasteiger partial charge in [0.05, 0.1) is 11.0 Å². The van der Waals surface area contributed by atoms with Gasteiger partial charge in [0.2, 0.25) is 0 Å². The van der Waals surface area contributed by atoms with Gasteiger partial charge in [-0.2, -0.15) is 0 Å². The number of aromatic nitrogens is 2. The van der Waals surface area contributed by atoms with Gasteiger partial charge in [0.15, 0.2) is 0 Å². The lowest BCUT2D eigenvalue weighted by molar-refractivity contribution is 0.191. The van der Waals surface area contributed by atoms with E-state index in [2.05, 4.69) is 27.1 Å². The average molecular weight is 274 g/mol. The summed E-state index contributed by atoms with van der Waals surface area (Å²) in [5.74, 6) is 1.94. The van der Waals surface area contributed by atoms with Crippen LogP contribution in [0.4, 0.5) is 0 Å². The minimum Gasteiger partial charge on any atom is -0.492 e. The van der Waals surface area contributed by atoms with Gasteiger partial charge in [0.25, 0.3) is 0 Å². The van der Waals surface area contributed by atoms with Crippen LogP contribution < -0.4 is 10.1 Å². The first-order valence-electron chi connectivity index (χ1n) is 7.39. The molecule has 1 saturated heterocycles. The smallest absolute Gasteiger partial charge is 0.121 e. The van der Waals surface area contributed by atoms with E-state index in [-0.39, 0.29) is 0 Å². The Hall–Kier alpha value is -1.59. The van der Waals surface area contributed by atoms with Gasteiger partial charge in [-0.15, -0.1) is 0 Å². The molecular weight excluding hydrogens is 252 g/mol. The summed E-state index contributed by atoms with van der Waals surface area (Å²) in [5, 5.41) is 3.36. The van der Waals surface area contributed by atoms with Crippen molar-refractivity contribution in [3.05, 3.63) is 24.0 Å². The molecule has 0 atom stereocenters. The molecule has 0 unspecified atom stereocenters. The molecule has 0 amide bonds. The number of fused-ring (bicyclic) bond motifs is 1. The molecule has 1 aromatic carbocycles. The van der Waals surface area contributed by atoms with Crippen LogP contribution >= 0.6 is 0 Å². The first-order chi connectivity index (χ1) is 9.85. The van der Waals surface area contributed by atoms with E-state index in [1.165, 1.54) is 0 Å². The van der Waals surface area contributed by atoms with Crippen molar-refractivity contribution in [2.45, 2.75) is 13.3 Å². The third-order valence-electron chi connectivity index (χ3n) is 3.72. The van der Waals surface area contributed by atoms with Crippen molar-refractivity contribution >= 4 is 11.0 Å². The maximum Gasteiger partial charge on any atom is 0.121 e. The second kappa shape index (κ2) is 6.24. The molecule has 0 spiro atoms. The number of H-pyrrole nitrogens is 1. The third kappa shape index (κ3) is 3.11. The van der Waals surface area contributed by atoms with Crippen LogP contribution in [-0.2, 0) is 6.42 Å². The van der Waals surface area contributed by atoms with Gasteiger partial charge in [-0.1, -0.05) is 6.92 Å². The number of aromatic amines is 1. The van der Waals surface area contributed by atoms with Crippen LogP contribution in [-0.4, -0.2) is 54.2 Å². The largest absolute Gasteiger partial charge is 0.492 e. The summed E-state index contributed by atoms with van der Waals surface area (Å²) in [6, 6.07) is 6.06. The maximum atomic E-state index is 5.85. The van der Waals surface area contributed by atoms with Gasteiger partial charge in [0, 0.05) is 45.2 Å². The van der Waals surface area contributed by atoms with Crippen molar-refractivity contribution in [1.29, 1.82) is 0 Å². The van der Waals surface area contributed by atoms with Crippen LogP contribution in [0.1, 0.15) is 12.7 Å². The van der Waals surface area contributed by atoms with E-state index >= 15 is 0 Å². The van der Waals surface area contributed by atoms with E-state index in [1.54, 1.807) is 0 Å². The molecule has 0 radical (unpaired) electrons. The Bertz CT molecular complexity index is 560. The minimum atomic E-state index is 0.736. The quantitative estimate of drug-likeness (QED) is 0.865. The van der Waals surface area contributed by atoms with Crippen molar-refractivity contribution in [3.63, 3.8) is 0 Å². The molecule has 0 aliphatic carbocycles. The fraction of sp³-hybridized carbons (Fsp3) is 0.533. The fourth-order valence-electron chi connectivity index (χ4n) is 2.53. The molecule has 20 heavy (non-hydrogen) atoms. The van der Waals surface area contributed by atoms with Gasteiger partial charge in [-0.05, 0) is 12.1 Å². The zero-order valence-electron chi connectivity index (χ0n) is 12.0. The number of hydrogen-bond acceptors (Lipinski definition) is 4. The zero-order valence-corrected chi connectivity index (χ0v) is 12.0. The van der Waals surface area contributed by atoms with E-state index in [0.717, 1.165) is 68.4 Å². The van der Waals surface area contributed by atoms with E-state index < -0.39 is 0 Å². The highest BCUT2D eigenvalue weighted by atomic mass is 16.5. The Morgan fingerprint density at radius 3 is 2.95 bits per heavy atom. The van der Waals surface area contributed by atoms with Crippen LogP contribution in [0.2, 0.25) is 0 Å². The van der Waals surface area contributed by atoms with Crippen LogP contribution in [0.3, 0.4) is 0 Å². The van der Waals surface area contributed by atoms with Crippen LogP contribution in [0.25, 0.3) is 11.0 Å². The standard InChI is InChI=1S/C15H22N4O/c1-2-15-17-13-4-3-12(11-14(13)18-15)20-10-9-19-7-5-16-6-8-19/h3-4,11,16H,2,5-10H2,1H3,(H,17,18). The Kier molecular flexibility index (Phi) is 4.18. The highest BCUT2D eigenvalue weighted by molar-refractivity contribution is 5.76. The predicted octanol–water partition coefficient (Wildman–Crippen LogP) is 1.41. The SMILES string of the molecule is CCc1nc2ccc(OCCN3CCNCC3)cc2[nH]1. The molecular formula is C15H22N4O. The van der Waals surface area contributed by atoms with Gasteiger partial charge in [-0.3, -0.25) is 4.90 Å². The molecule has 5 nitrogen and oxygen atoms in total. The molecule has 0 bridgehead atoms. The van der Waals surface area contributed by atoms with Crippen molar-refractivity contribution in [2.75, 3.05) is 39.3 Å². The Morgan fingerprint density at radius 1 is 1.30 bits per heavy atom. The Labute approximate surface area is 119 Å². The number of nitrogens with one attached hydrogen (secondary N) is 2. The lowest BCUT2D eigenvalue weighted by Crippen LogP contribution is -2.44. The van der Waals surface area contributed by atoms with E-state index in [9.17, 15) is 0 Å². The number of rotatable bonds is 5. The fourth-order valence-corrected chi connectivity index (χ4v) is 2.53. The molecule has 1 aliphatic heterocycles. The molecule has 2 heterocycles. The van der Waals surface area contributed by atoms with Crippen molar-refractivity contribution in [1.82, 2.24) is 20.2 Å². The normalized spacial score (nSPS) is 16.6. The van der Waals surface area contributed by atoms with E-state index in [1.807, 2.05) is 18.2 Å². The highest BCUT2D eigenvalue weighted by Gasteiger charge is 2.09. The summed E-state index contributed by atoms with van der Waals surface area (Å²) in [6.07, 6.45) is 0.924. The molecule has 1 aliphatic rings. The van der Waals surface area contributed by atoms with Crippen LogP contribution in [0.5, 0.6) is 5.75 Å². The number of benzene rings is 1. The number of aryl methyl sites for hydroxylation is 1. The number of nitrogens with zero attached hydrogens (tertiary/aromatic N) is 2. The zero-order chi connectivity index (χ0) is 13.8. The second-order valence-corrected chi connectivity index (χ2v) is 5.16. The van der Waals surface area contributed by atoms with Crippen LogP contribution in [0, 0.1) is 0 Å². The van der Waals surface area contributed by atoms with Gasteiger partial charge in [-0.25, -0.2) is 4.98 Å². The molecule has 0 saturated carbocycles. The van der Waals surface area contributed by atoms with E-state index in [4.69, 9.17) is 4.74 Å². The summed E-state index contributed by atoms with van der Waals surface area (Å²) in [6.45, 7) is 8.22. The first kappa shape index (κ1) is 13.4. The van der Waals surface area contributed by atoms with Crippen LogP contribution in [0.15, 0.2) is 18.2 Å². The number of hydrogen-bond donors (Lipinski definition) is 2. The third-order valence-corrected chi connectivity index (χ3v) is 3.72. The molecule has 108 valence electrons. The number of imidazole rings is 1. The Balaban J connectivity index is 1.56.